The van der Waals surface area contributed by atoms with E-state index in [4.69, 9.17) is 9.47 Å². The molecule has 0 aromatic heterocycles. The van der Waals surface area contributed by atoms with Gasteiger partial charge in [-0.2, -0.15) is 0 Å². The van der Waals surface area contributed by atoms with Crippen LogP contribution in [0.2, 0.25) is 0 Å². The number of methoxy groups -OCH3 is 1. The van der Waals surface area contributed by atoms with Crippen LogP contribution < -0.4 is 14.8 Å². The van der Waals surface area contributed by atoms with Gasteiger partial charge in [0.05, 0.1) is 18.9 Å². The van der Waals surface area contributed by atoms with Crippen molar-refractivity contribution < 1.29 is 14.3 Å². The summed E-state index contributed by atoms with van der Waals surface area (Å²) in [6.07, 6.45) is 0. The molecule has 5 heteroatoms. The zero-order valence-corrected chi connectivity index (χ0v) is 15.1. The molecule has 24 heavy (non-hydrogen) atoms. The largest absolute Gasteiger partial charge is 0.497 e. The standard InChI is InChI=1S/C19H23NO3S/c1-14-4-10-18(11-5-14)24-15(2)19(21)20-12-13-23-17-8-6-16(22-3)7-9-17/h4-11,15H,12-13H2,1-3H3,(H,20,21)/t15-/m1/s1. The van der Waals surface area contributed by atoms with Crippen molar-refractivity contribution in [3.63, 3.8) is 0 Å². The Morgan fingerprint density at radius 1 is 1.08 bits per heavy atom. The van der Waals surface area contributed by atoms with E-state index in [1.54, 1.807) is 18.9 Å². The lowest BCUT2D eigenvalue weighted by atomic mass is 10.2. The van der Waals surface area contributed by atoms with E-state index in [9.17, 15) is 4.79 Å². The van der Waals surface area contributed by atoms with E-state index < -0.39 is 0 Å². The van der Waals surface area contributed by atoms with E-state index >= 15 is 0 Å². The highest BCUT2D eigenvalue weighted by Gasteiger charge is 2.13. The summed E-state index contributed by atoms with van der Waals surface area (Å²) < 4.78 is 10.7. The highest BCUT2D eigenvalue weighted by atomic mass is 32.2. The second-order valence-electron chi connectivity index (χ2n) is 5.39. The number of benzene rings is 2. The fraction of sp³-hybridized carbons (Fsp3) is 0.316. The third kappa shape index (κ3) is 5.81. The minimum atomic E-state index is -0.145. The number of carbonyl (C=O) groups excluding carboxylic acids is 1. The number of ether oxygens (including phenoxy) is 2. The summed E-state index contributed by atoms with van der Waals surface area (Å²) in [6.45, 7) is 4.86. The summed E-state index contributed by atoms with van der Waals surface area (Å²) in [5.74, 6) is 1.56. The summed E-state index contributed by atoms with van der Waals surface area (Å²) in [4.78, 5) is 13.2. The summed E-state index contributed by atoms with van der Waals surface area (Å²) in [6, 6.07) is 15.5. The molecule has 0 saturated carbocycles. The van der Waals surface area contributed by atoms with Crippen LogP contribution in [0.1, 0.15) is 12.5 Å². The van der Waals surface area contributed by atoms with E-state index in [0.29, 0.717) is 13.2 Å². The molecule has 0 fully saturated rings. The Labute approximate surface area is 147 Å². The van der Waals surface area contributed by atoms with Gasteiger partial charge in [0, 0.05) is 4.90 Å². The van der Waals surface area contributed by atoms with Crippen molar-refractivity contribution in [3.8, 4) is 11.5 Å². The smallest absolute Gasteiger partial charge is 0.233 e. The van der Waals surface area contributed by atoms with Crippen LogP contribution >= 0.6 is 11.8 Å². The maximum Gasteiger partial charge on any atom is 0.233 e. The van der Waals surface area contributed by atoms with Crippen molar-refractivity contribution in [1.82, 2.24) is 5.32 Å². The zero-order valence-electron chi connectivity index (χ0n) is 14.2. The number of hydrogen-bond donors (Lipinski definition) is 1. The summed E-state index contributed by atoms with van der Waals surface area (Å²) in [5, 5.41) is 2.75. The zero-order chi connectivity index (χ0) is 17.4. The number of carbonyl (C=O) groups is 1. The average molecular weight is 345 g/mol. The van der Waals surface area contributed by atoms with E-state index in [0.717, 1.165) is 16.4 Å². The molecule has 1 atom stereocenters. The first-order chi connectivity index (χ1) is 11.6. The van der Waals surface area contributed by atoms with Crippen molar-refractivity contribution >= 4 is 17.7 Å². The molecular weight excluding hydrogens is 322 g/mol. The number of nitrogens with one attached hydrogen (secondary N) is 1. The second-order valence-corrected chi connectivity index (χ2v) is 6.80. The highest BCUT2D eigenvalue weighted by molar-refractivity contribution is 8.00. The third-order valence-electron chi connectivity index (χ3n) is 3.43. The molecule has 0 saturated heterocycles. The predicted octanol–water partition coefficient (Wildman–Crippen LogP) is 3.68. The fourth-order valence-electron chi connectivity index (χ4n) is 2.03. The Balaban J connectivity index is 1.69. The lowest BCUT2D eigenvalue weighted by molar-refractivity contribution is -0.120. The van der Waals surface area contributed by atoms with Crippen LogP contribution in [-0.4, -0.2) is 31.4 Å². The normalized spacial score (nSPS) is 11.6. The molecule has 2 aromatic rings. The van der Waals surface area contributed by atoms with Crippen molar-refractivity contribution in [2.45, 2.75) is 24.0 Å². The molecule has 4 nitrogen and oxygen atoms in total. The Morgan fingerprint density at radius 2 is 1.71 bits per heavy atom. The SMILES string of the molecule is COc1ccc(OCCNC(=O)[C@@H](C)Sc2ccc(C)cc2)cc1. The molecule has 0 unspecified atom stereocenters. The average Bonchev–Trinajstić information content (AvgIpc) is 2.61. The Kier molecular flexibility index (Phi) is 7.00. The van der Waals surface area contributed by atoms with Crippen LogP contribution in [0, 0.1) is 6.92 Å². The predicted molar refractivity (Wildman–Crippen MR) is 98.0 cm³/mol. The van der Waals surface area contributed by atoms with Crippen LogP contribution in [0.5, 0.6) is 11.5 Å². The van der Waals surface area contributed by atoms with Gasteiger partial charge in [0.25, 0.3) is 0 Å². The summed E-state index contributed by atoms with van der Waals surface area (Å²) in [5.41, 5.74) is 1.21. The molecule has 0 bridgehead atoms. The molecule has 0 aliphatic heterocycles. The van der Waals surface area contributed by atoms with Gasteiger partial charge in [-0.25, -0.2) is 0 Å². The van der Waals surface area contributed by atoms with Crippen molar-refractivity contribution in [3.05, 3.63) is 54.1 Å². The molecule has 0 radical (unpaired) electrons. The molecule has 1 amide bonds. The summed E-state index contributed by atoms with van der Waals surface area (Å²) in [7, 11) is 1.63. The minimum absolute atomic E-state index is 0.0129. The van der Waals surface area contributed by atoms with Gasteiger partial charge in [-0.1, -0.05) is 17.7 Å². The maximum absolute atomic E-state index is 12.1. The first kappa shape index (κ1) is 18.2. The van der Waals surface area contributed by atoms with E-state index in [1.807, 2.05) is 50.2 Å². The third-order valence-corrected chi connectivity index (χ3v) is 4.54. The molecular formula is C19H23NO3S. The van der Waals surface area contributed by atoms with Gasteiger partial charge in [-0.15, -0.1) is 11.8 Å². The first-order valence-electron chi connectivity index (χ1n) is 7.86. The van der Waals surface area contributed by atoms with Crippen molar-refractivity contribution in [2.75, 3.05) is 20.3 Å². The minimum Gasteiger partial charge on any atom is -0.497 e. The van der Waals surface area contributed by atoms with E-state index in [1.165, 1.54) is 5.56 Å². The van der Waals surface area contributed by atoms with Gasteiger partial charge in [-0.3, -0.25) is 4.79 Å². The number of amides is 1. The number of hydrogen-bond acceptors (Lipinski definition) is 4. The summed E-state index contributed by atoms with van der Waals surface area (Å²) >= 11 is 1.55. The van der Waals surface area contributed by atoms with E-state index in [-0.39, 0.29) is 11.2 Å². The maximum atomic E-state index is 12.1. The van der Waals surface area contributed by atoms with Gasteiger partial charge in [-0.05, 0) is 50.2 Å². The van der Waals surface area contributed by atoms with Crippen LogP contribution in [-0.2, 0) is 4.79 Å². The first-order valence-corrected chi connectivity index (χ1v) is 8.74. The molecule has 2 rings (SSSR count). The number of rotatable bonds is 8. The van der Waals surface area contributed by atoms with Crippen LogP contribution in [0.4, 0.5) is 0 Å². The number of thioether (sulfide) groups is 1. The molecule has 128 valence electrons. The Hall–Kier alpha value is -2.14. The second kappa shape index (κ2) is 9.23. The lowest BCUT2D eigenvalue weighted by Crippen LogP contribution is -2.33. The fourth-order valence-corrected chi connectivity index (χ4v) is 2.93. The monoisotopic (exact) mass is 345 g/mol. The van der Waals surface area contributed by atoms with Gasteiger partial charge in [0.2, 0.25) is 5.91 Å². The van der Waals surface area contributed by atoms with Gasteiger partial charge >= 0.3 is 0 Å². The molecule has 0 heterocycles. The molecule has 1 N–H and O–H groups in total. The van der Waals surface area contributed by atoms with Gasteiger partial charge in [0.1, 0.15) is 18.1 Å². The number of aryl methyl sites for hydroxylation is 1. The topological polar surface area (TPSA) is 47.6 Å². The molecule has 0 aliphatic carbocycles. The molecule has 0 spiro atoms. The Bertz CT molecular complexity index is 641. The quantitative estimate of drug-likeness (QED) is 0.586. The molecule has 2 aromatic carbocycles. The van der Waals surface area contributed by atoms with Crippen LogP contribution in [0.15, 0.2) is 53.4 Å². The Morgan fingerprint density at radius 3 is 2.33 bits per heavy atom. The molecule has 0 aliphatic rings. The van der Waals surface area contributed by atoms with Crippen LogP contribution in [0.3, 0.4) is 0 Å². The van der Waals surface area contributed by atoms with Gasteiger partial charge < -0.3 is 14.8 Å². The lowest BCUT2D eigenvalue weighted by Gasteiger charge is -2.13. The van der Waals surface area contributed by atoms with E-state index in [2.05, 4.69) is 17.4 Å². The van der Waals surface area contributed by atoms with Gasteiger partial charge in [0.15, 0.2) is 0 Å². The van der Waals surface area contributed by atoms with Crippen molar-refractivity contribution in [1.29, 1.82) is 0 Å². The van der Waals surface area contributed by atoms with Crippen molar-refractivity contribution in [2.24, 2.45) is 0 Å². The van der Waals surface area contributed by atoms with Crippen LogP contribution in [0.25, 0.3) is 0 Å². The highest BCUT2D eigenvalue weighted by Crippen LogP contribution is 2.23.